The second-order valence-corrected chi connectivity index (χ2v) is 10.1. The van der Waals surface area contributed by atoms with E-state index in [0.717, 1.165) is 5.51 Å². The van der Waals surface area contributed by atoms with Crippen molar-refractivity contribution in [1.82, 2.24) is 10.3 Å². The molecule has 0 aromatic carbocycles. The highest BCUT2D eigenvalue weighted by molar-refractivity contribution is 7.92. The van der Waals surface area contributed by atoms with E-state index in [-0.39, 0.29) is 24.3 Å². The van der Waals surface area contributed by atoms with E-state index < -0.39 is 37.2 Å². The SMILES string of the molecule is NC1CCS(=O)(=O)C2(C1)CC(CNC(=O)c1ncsc1C(F)(F)F)C2. The topological polar surface area (TPSA) is 102 Å². The molecule has 1 aromatic rings. The van der Waals surface area contributed by atoms with Crippen molar-refractivity contribution in [2.24, 2.45) is 11.7 Å². The van der Waals surface area contributed by atoms with E-state index in [0.29, 0.717) is 37.0 Å². The van der Waals surface area contributed by atoms with E-state index in [2.05, 4.69) is 10.3 Å². The standard InChI is InChI=1S/C14H18F3N3O3S2/c15-14(16,17)11-10(20-7-24-11)12(21)19-6-8-3-13(4-8)5-9(18)1-2-25(13,22)23/h7-9H,1-6,18H2,(H,19,21). The van der Waals surface area contributed by atoms with Crippen LogP contribution in [0.3, 0.4) is 0 Å². The average molecular weight is 397 g/mol. The maximum absolute atomic E-state index is 12.8. The van der Waals surface area contributed by atoms with Crippen LogP contribution < -0.4 is 11.1 Å². The van der Waals surface area contributed by atoms with Crippen LogP contribution in [0.15, 0.2) is 5.51 Å². The second kappa shape index (κ2) is 6.20. The fourth-order valence-electron chi connectivity index (χ4n) is 3.72. The van der Waals surface area contributed by atoms with Crippen molar-refractivity contribution in [3.05, 3.63) is 16.1 Å². The third kappa shape index (κ3) is 3.41. The minimum absolute atomic E-state index is 0.0704. The summed E-state index contributed by atoms with van der Waals surface area (Å²) >= 11 is 0.366. The highest BCUT2D eigenvalue weighted by Crippen LogP contribution is 2.49. The van der Waals surface area contributed by atoms with Gasteiger partial charge >= 0.3 is 6.18 Å². The first kappa shape index (κ1) is 18.6. The molecule has 3 rings (SSSR count). The summed E-state index contributed by atoms with van der Waals surface area (Å²) in [7, 11) is -3.21. The molecule has 1 atom stereocenters. The van der Waals surface area contributed by atoms with Gasteiger partial charge in [0.1, 0.15) is 4.88 Å². The van der Waals surface area contributed by atoms with Crippen molar-refractivity contribution in [1.29, 1.82) is 0 Å². The maximum Gasteiger partial charge on any atom is 0.427 e. The highest BCUT2D eigenvalue weighted by atomic mass is 32.2. The molecule has 1 aliphatic heterocycles. The first-order valence-corrected chi connectivity index (χ1v) is 10.3. The van der Waals surface area contributed by atoms with Crippen molar-refractivity contribution < 1.29 is 26.4 Å². The Morgan fingerprint density at radius 2 is 2.08 bits per heavy atom. The molecule has 1 spiro atoms. The number of thiazole rings is 1. The zero-order valence-corrected chi connectivity index (χ0v) is 14.8. The smallest absolute Gasteiger partial charge is 0.350 e. The van der Waals surface area contributed by atoms with E-state index in [1.165, 1.54) is 0 Å². The van der Waals surface area contributed by atoms with Gasteiger partial charge in [-0.1, -0.05) is 0 Å². The number of nitrogens with one attached hydrogen (secondary N) is 1. The summed E-state index contributed by atoms with van der Waals surface area (Å²) in [6, 6.07) is -0.150. The zero-order valence-electron chi connectivity index (χ0n) is 13.2. The number of amides is 1. The van der Waals surface area contributed by atoms with Crippen LogP contribution in [0, 0.1) is 5.92 Å². The highest BCUT2D eigenvalue weighted by Gasteiger charge is 2.55. The molecular weight excluding hydrogens is 379 g/mol. The van der Waals surface area contributed by atoms with Crippen molar-refractivity contribution in [3.63, 3.8) is 0 Å². The Morgan fingerprint density at radius 1 is 1.40 bits per heavy atom. The van der Waals surface area contributed by atoms with Gasteiger partial charge in [0.2, 0.25) is 0 Å². The van der Waals surface area contributed by atoms with Crippen molar-refractivity contribution in [3.8, 4) is 0 Å². The largest absolute Gasteiger partial charge is 0.427 e. The first-order chi connectivity index (χ1) is 11.5. The van der Waals surface area contributed by atoms with E-state index >= 15 is 0 Å². The lowest BCUT2D eigenvalue weighted by molar-refractivity contribution is -0.134. The number of halogens is 3. The second-order valence-electron chi connectivity index (χ2n) is 6.77. The molecular formula is C14H18F3N3O3S2. The van der Waals surface area contributed by atoms with Gasteiger partial charge in [0.15, 0.2) is 15.5 Å². The lowest BCUT2D eigenvalue weighted by atomic mass is 9.70. The number of sulfone groups is 1. The maximum atomic E-state index is 12.8. The van der Waals surface area contributed by atoms with Crippen LogP contribution in [0.4, 0.5) is 13.2 Å². The van der Waals surface area contributed by atoms with Crippen LogP contribution in [0.5, 0.6) is 0 Å². The molecule has 0 radical (unpaired) electrons. The Labute approximate surface area is 146 Å². The van der Waals surface area contributed by atoms with Crippen LogP contribution in [0.1, 0.15) is 41.0 Å². The Bertz CT molecular complexity index is 770. The van der Waals surface area contributed by atoms with Crippen LogP contribution in [0.2, 0.25) is 0 Å². The number of nitrogens with two attached hydrogens (primary N) is 1. The van der Waals surface area contributed by atoms with Gasteiger partial charge in [0.05, 0.1) is 16.0 Å². The molecule has 6 nitrogen and oxygen atoms in total. The summed E-state index contributed by atoms with van der Waals surface area (Å²) in [6.45, 7) is 0.125. The Hall–Kier alpha value is -1.20. The molecule has 0 bridgehead atoms. The Kier molecular flexibility index (Phi) is 4.61. The molecule has 1 saturated heterocycles. The predicted molar refractivity (Wildman–Crippen MR) is 85.9 cm³/mol. The van der Waals surface area contributed by atoms with Gasteiger partial charge < -0.3 is 11.1 Å². The number of alkyl halides is 3. The molecule has 25 heavy (non-hydrogen) atoms. The van der Waals surface area contributed by atoms with Crippen LogP contribution in [0.25, 0.3) is 0 Å². The van der Waals surface area contributed by atoms with Crippen molar-refractivity contribution in [2.75, 3.05) is 12.3 Å². The molecule has 2 aliphatic rings. The number of hydrogen-bond acceptors (Lipinski definition) is 6. The number of nitrogens with zero attached hydrogens (tertiary/aromatic N) is 1. The lowest BCUT2D eigenvalue weighted by Gasteiger charge is -2.50. The number of carbonyl (C=O) groups is 1. The van der Waals surface area contributed by atoms with Crippen molar-refractivity contribution >= 4 is 27.1 Å². The predicted octanol–water partition coefficient (Wildman–Crippen LogP) is 1.58. The summed E-state index contributed by atoms with van der Waals surface area (Å²) in [5.74, 6) is -0.907. The van der Waals surface area contributed by atoms with E-state index in [1.54, 1.807) is 0 Å². The molecule has 11 heteroatoms. The molecule has 3 N–H and O–H groups in total. The van der Waals surface area contributed by atoms with Gasteiger partial charge in [-0.15, -0.1) is 11.3 Å². The quantitative estimate of drug-likeness (QED) is 0.806. The summed E-state index contributed by atoms with van der Waals surface area (Å²) in [4.78, 5) is 14.4. The van der Waals surface area contributed by atoms with E-state index in [4.69, 9.17) is 5.73 Å². The molecule has 1 aromatic heterocycles. The van der Waals surface area contributed by atoms with Crippen LogP contribution >= 0.6 is 11.3 Å². The Balaban J connectivity index is 1.58. The zero-order chi connectivity index (χ0) is 18.5. The first-order valence-electron chi connectivity index (χ1n) is 7.81. The Morgan fingerprint density at radius 3 is 2.72 bits per heavy atom. The minimum atomic E-state index is -4.62. The van der Waals surface area contributed by atoms with Gasteiger partial charge in [-0.3, -0.25) is 4.79 Å². The number of carbonyl (C=O) groups excluding carboxylic acids is 1. The minimum Gasteiger partial charge on any atom is -0.350 e. The molecule has 1 saturated carbocycles. The summed E-state index contributed by atoms with van der Waals surface area (Å²) in [5.41, 5.74) is 6.22. The fourth-order valence-corrected chi connectivity index (χ4v) is 6.86. The average Bonchev–Trinajstić information content (AvgIpc) is 2.95. The molecule has 2 fully saturated rings. The fraction of sp³-hybridized carbons (Fsp3) is 0.714. The number of rotatable bonds is 3. The number of aromatic nitrogens is 1. The molecule has 1 amide bonds. The summed E-state index contributed by atoms with van der Waals surface area (Å²) < 4.78 is 62.1. The van der Waals surface area contributed by atoms with Gasteiger partial charge in [-0.05, 0) is 31.6 Å². The van der Waals surface area contributed by atoms with Gasteiger partial charge in [0, 0.05) is 12.6 Å². The van der Waals surface area contributed by atoms with E-state index in [1.807, 2.05) is 0 Å². The lowest BCUT2D eigenvalue weighted by Crippen LogP contribution is -2.59. The number of hydrogen-bond donors (Lipinski definition) is 2. The third-order valence-corrected chi connectivity index (χ3v) is 8.43. The monoisotopic (exact) mass is 397 g/mol. The molecule has 1 unspecified atom stereocenters. The summed E-state index contributed by atoms with van der Waals surface area (Å²) in [6.07, 6.45) is -3.00. The molecule has 1 aliphatic carbocycles. The van der Waals surface area contributed by atoms with Crippen molar-refractivity contribution in [2.45, 2.75) is 42.6 Å². The molecule has 2 heterocycles. The normalized spacial score (nSPS) is 31.5. The van der Waals surface area contributed by atoms with E-state index in [9.17, 15) is 26.4 Å². The third-order valence-electron chi connectivity index (χ3n) is 4.96. The van der Waals surface area contributed by atoms with Crippen LogP contribution in [-0.2, 0) is 16.0 Å². The van der Waals surface area contributed by atoms with Gasteiger partial charge in [0.25, 0.3) is 5.91 Å². The molecule has 140 valence electrons. The van der Waals surface area contributed by atoms with Gasteiger partial charge in [-0.25, -0.2) is 13.4 Å². The van der Waals surface area contributed by atoms with Gasteiger partial charge in [-0.2, -0.15) is 13.2 Å². The van der Waals surface area contributed by atoms with Crippen LogP contribution in [-0.4, -0.2) is 42.4 Å². The summed E-state index contributed by atoms with van der Waals surface area (Å²) in [5, 5.41) is 2.44.